The van der Waals surface area contributed by atoms with Crippen molar-refractivity contribution >= 4 is 40.1 Å². The first-order chi connectivity index (χ1) is 11.0. The Balaban J connectivity index is 1.98. The molecule has 0 spiro atoms. The van der Waals surface area contributed by atoms with Gasteiger partial charge in [0.05, 0.1) is 34.3 Å². The first kappa shape index (κ1) is 15.3. The maximum Gasteiger partial charge on any atom is 0.306 e. The van der Waals surface area contributed by atoms with Gasteiger partial charge in [-0.05, 0) is 42.9 Å². The summed E-state index contributed by atoms with van der Waals surface area (Å²) in [5.41, 5.74) is 1.92. The highest BCUT2D eigenvalue weighted by Gasteiger charge is 2.50. The average Bonchev–Trinajstić information content (AvgIpc) is 2.83. The van der Waals surface area contributed by atoms with Gasteiger partial charge in [0.1, 0.15) is 5.60 Å². The minimum absolute atomic E-state index is 0.0350. The largest absolute Gasteiger partial charge is 0.481 e. The van der Waals surface area contributed by atoms with Gasteiger partial charge in [0.2, 0.25) is 0 Å². The molecule has 2 N–H and O–H groups in total. The molecule has 2 heterocycles. The molecule has 4 nitrogen and oxygen atoms in total. The Kier molecular flexibility index (Phi) is 3.59. The lowest BCUT2D eigenvalue weighted by atomic mass is 9.68. The third-order valence-corrected chi connectivity index (χ3v) is 5.90. The second-order valence-electron chi connectivity index (χ2n) is 6.44. The molecule has 1 atom stereocenters. The van der Waals surface area contributed by atoms with Gasteiger partial charge in [0.15, 0.2) is 0 Å². The lowest BCUT2D eigenvalue weighted by molar-refractivity contribution is -0.162. The fraction of sp³-hybridized carbons (Fsp3) is 0.471. The smallest absolute Gasteiger partial charge is 0.306 e. The van der Waals surface area contributed by atoms with Crippen molar-refractivity contribution in [3.8, 4) is 0 Å². The van der Waals surface area contributed by atoms with E-state index in [0.29, 0.717) is 23.1 Å². The summed E-state index contributed by atoms with van der Waals surface area (Å²) in [6.45, 7) is 0.507. The van der Waals surface area contributed by atoms with Crippen molar-refractivity contribution in [1.82, 2.24) is 4.98 Å². The van der Waals surface area contributed by atoms with Crippen LogP contribution in [0, 0.1) is 5.92 Å². The SMILES string of the molecule is O=C(O)CC1(C2CCC2)OCCc2c1[nH]c1c(Cl)ccc(Cl)c21. The van der Waals surface area contributed by atoms with Crippen molar-refractivity contribution in [2.24, 2.45) is 5.92 Å². The van der Waals surface area contributed by atoms with Crippen LogP contribution in [-0.2, 0) is 21.6 Å². The average molecular weight is 354 g/mol. The monoisotopic (exact) mass is 353 g/mol. The number of aromatic nitrogens is 1. The highest BCUT2D eigenvalue weighted by atomic mass is 35.5. The van der Waals surface area contributed by atoms with Gasteiger partial charge in [-0.1, -0.05) is 29.6 Å². The Bertz CT molecular complexity index is 797. The van der Waals surface area contributed by atoms with Crippen LogP contribution in [0.5, 0.6) is 0 Å². The van der Waals surface area contributed by atoms with Gasteiger partial charge in [-0.2, -0.15) is 0 Å². The Morgan fingerprint density at radius 1 is 1.35 bits per heavy atom. The second-order valence-corrected chi connectivity index (χ2v) is 7.26. The molecule has 2 aliphatic rings. The zero-order chi connectivity index (χ0) is 16.2. The Morgan fingerprint density at radius 2 is 2.09 bits per heavy atom. The number of fused-ring (bicyclic) bond motifs is 3. The molecule has 1 aliphatic carbocycles. The minimum atomic E-state index is -0.847. The van der Waals surface area contributed by atoms with E-state index in [4.69, 9.17) is 27.9 Å². The fourth-order valence-electron chi connectivity index (χ4n) is 4.02. The predicted molar refractivity (Wildman–Crippen MR) is 89.2 cm³/mol. The number of aromatic amines is 1. The maximum atomic E-state index is 11.5. The zero-order valence-electron chi connectivity index (χ0n) is 12.5. The summed E-state index contributed by atoms with van der Waals surface area (Å²) in [7, 11) is 0. The third kappa shape index (κ3) is 2.19. The topological polar surface area (TPSA) is 62.3 Å². The number of halogens is 2. The Hall–Kier alpha value is -1.23. The summed E-state index contributed by atoms with van der Waals surface area (Å²) in [5.74, 6) is -0.621. The lowest BCUT2D eigenvalue weighted by Crippen LogP contribution is -2.46. The number of ether oxygens (including phenoxy) is 1. The number of aliphatic carboxylic acids is 1. The quantitative estimate of drug-likeness (QED) is 0.852. The van der Waals surface area contributed by atoms with Crippen LogP contribution in [0.25, 0.3) is 10.9 Å². The van der Waals surface area contributed by atoms with Gasteiger partial charge < -0.3 is 14.8 Å². The molecule has 1 unspecified atom stereocenters. The molecule has 1 aliphatic heterocycles. The molecule has 0 radical (unpaired) electrons. The number of hydrogen-bond acceptors (Lipinski definition) is 2. The van der Waals surface area contributed by atoms with Crippen LogP contribution >= 0.6 is 23.2 Å². The first-order valence-electron chi connectivity index (χ1n) is 7.88. The van der Waals surface area contributed by atoms with E-state index in [1.807, 2.05) is 0 Å². The number of carbonyl (C=O) groups is 1. The zero-order valence-corrected chi connectivity index (χ0v) is 14.0. The van der Waals surface area contributed by atoms with E-state index in [2.05, 4.69) is 4.98 Å². The summed E-state index contributed by atoms with van der Waals surface area (Å²) < 4.78 is 6.12. The molecule has 6 heteroatoms. The lowest BCUT2D eigenvalue weighted by Gasteiger charge is -2.46. The van der Waals surface area contributed by atoms with Crippen molar-refractivity contribution in [3.63, 3.8) is 0 Å². The van der Waals surface area contributed by atoms with Crippen LogP contribution in [0.15, 0.2) is 12.1 Å². The van der Waals surface area contributed by atoms with Gasteiger partial charge in [-0.25, -0.2) is 0 Å². The molecule has 122 valence electrons. The molecule has 0 amide bonds. The van der Waals surface area contributed by atoms with Gasteiger partial charge >= 0.3 is 5.97 Å². The molecule has 23 heavy (non-hydrogen) atoms. The van der Waals surface area contributed by atoms with E-state index >= 15 is 0 Å². The second kappa shape index (κ2) is 5.40. The molecule has 4 rings (SSSR count). The molecular weight excluding hydrogens is 337 g/mol. The minimum Gasteiger partial charge on any atom is -0.481 e. The molecule has 1 aromatic carbocycles. The van der Waals surface area contributed by atoms with E-state index in [-0.39, 0.29) is 12.3 Å². The van der Waals surface area contributed by atoms with Crippen molar-refractivity contribution in [3.05, 3.63) is 33.4 Å². The molecule has 0 saturated heterocycles. The van der Waals surface area contributed by atoms with E-state index in [0.717, 1.165) is 41.4 Å². The number of benzene rings is 1. The number of nitrogens with one attached hydrogen (secondary N) is 1. The molecule has 1 fully saturated rings. The van der Waals surface area contributed by atoms with Crippen LogP contribution in [0.1, 0.15) is 36.9 Å². The highest BCUT2D eigenvalue weighted by molar-refractivity contribution is 6.40. The summed E-state index contributed by atoms with van der Waals surface area (Å²) in [5, 5.41) is 11.6. The first-order valence-corrected chi connectivity index (χ1v) is 8.63. The predicted octanol–water partition coefficient (Wildman–Crippen LogP) is 4.52. The fourth-order valence-corrected chi connectivity index (χ4v) is 4.49. The number of H-pyrrole nitrogens is 1. The summed E-state index contributed by atoms with van der Waals surface area (Å²) in [4.78, 5) is 14.9. The highest BCUT2D eigenvalue weighted by Crippen LogP contribution is 2.52. The number of carboxylic acid groups (broad SMARTS) is 1. The van der Waals surface area contributed by atoms with E-state index in [1.54, 1.807) is 12.1 Å². The van der Waals surface area contributed by atoms with Gasteiger partial charge in [-0.3, -0.25) is 4.79 Å². The van der Waals surface area contributed by atoms with Crippen LogP contribution in [0.3, 0.4) is 0 Å². The van der Waals surface area contributed by atoms with Crippen molar-refractivity contribution in [2.45, 2.75) is 37.7 Å². The number of rotatable bonds is 3. The maximum absolute atomic E-state index is 11.5. The summed E-state index contributed by atoms with van der Waals surface area (Å²) in [6.07, 6.45) is 3.77. The van der Waals surface area contributed by atoms with Crippen molar-refractivity contribution in [2.75, 3.05) is 6.61 Å². The van der Waals surface area contributed by atoms with E-state index < -0.39 is 11.6 Å². The normalized spacial score (nSPS) is 24.4. The molecule has 2 aromatic rings. The third-order valence-electron chi connectivity index (χ3n) is 5.27. The molecular formula is C17H17Cl2NO3. The van der Waals surface area contributed by atoms with Gasteiger partial charge in [-0.15, -0.1) is 0 Å². The summed E-state index contributed by atoms with van der Waals surface area (Å²) >= 11 is 12.7. The van der Waals surface area contributed by atoms with Crippen molar-refractivity contribution < 1.29 is 14.6 Å². The Morgan fingerprint density at radius 3 is 2.74 bits per heavy atom. The van der Waals surface area contributed by atoms with Crippen molar-refractivity contribution in [1.29, 1.82) is 0 Å². The van der Waals surface area contributed by atoms with Crippen LogP contribution < -0.4 is 0 Å². The van der Waals surface area contributed by atoms with Crippen LogP contribution in [0.2, 0.25) is 10.0 Å². The molecule has 1 aromatic heterocycles. The van der Waals surface area contributed by atoms with E-state index in [9.17, 15) is 9.90 Å². The van der Waals surface area contributed by atoms with Gasteiger partial charge in [0, 0.05) is 5.39 Å². The number of carboxylic acids is 1. The van der Waals surface area contributed by atoms with Crippen LogP contribution in [0.4, 0.5) is 0 Å². The number of hydrogen-bond donors (Lipinski definition) is 2. The van der Waals surface area contributed by atoms with Crippen LogP contribution in [-0.4, -0.2) is 22.7 Å². The molecule has 0 bridgehead atoms. The Labute approximate surface area is 143 Å². The standard InChI is InChI=1S/C17H17Cl2NO3/c18-11-4-5-12(19)15-14(11)10-6-7-23-17(8-13(21)22,16(10)20-15)9-2-1-3-9/h4-5,9,20H,1-3,6-8H2,(H,21,22). The van der Waals surface area contributed by atoms with Gasteiger partial charge in [0.25, 0.3) is 0 Å². The van der Waals surface area contributed by atoms with E-state index in [1.165, 1.54) is 0 Å². The summed E-state index contributed by atoms with van der Waals surface area (Å²) in [6, 6.07) is 3.55. The molecule has 1 saturated carbocycles.